The molecule has 2 aromatic carbocycles. The Morgan fingerprint density at radius 2 is 0.975 bits per heavy atom. The van der Waals surface area contributed by atoms with Gasteiger partial charge in [-0.15, -0.1) is 10.2 Å². The number of rotatable bonds is 8. The topological polar surface area (TPSA) is 73.5 Å². The van der Waals surface area contributed by atoms with Gasteiger partial charge in [0, 0.05) is 11.1 Å². The molecule has 0 spiro atoms. The van der Waals surface area contributed by atoms with E-state index in [9.17, 15) is 39.5 Å². The van der Waals surface area contributed by atoms with Crippen molar-refractivity contribution < 1.29 is 56.6 Å². The second-order valence-electron chi connectivity index (χ2n) is 7.50. The number of hydrogen-bond donors (Lipinski definition) is 2. The standard InChI is InChI=1S/C22H19F9N6S2.Cu/c23-20(24,25)10-13-6-8-15(9-7-13)17(35-37-19(39)33-12-22(29,30)31)16(14-4-2-1-3-5-14)34-36-18(38)32-11-21(26,27)28;/h1-9H,10-12H2,(H2,32,36,38)(H2,33,37,39);/q;+2/p-2/b34-16+,35-17+;. The third kappa shape index (κ3) is 13.9. The van der Waals surface area contributed by atoms with Crippen molar-refractivity contribution in [1.82, 2.24) is 10.6 Å². The van der Waals surface area contributed by atoms with Gasteiger partial charge in [0.1, 0.15) is 24.5 Å². The molecule has 40 heavy (non-hydrogen) atoms. The molecule has 2 aromatic rings. The molecule has 0 heterocycles. The molecule has 2 N–H and O–H groups in total. The van der Waals surface area contributed by atoms with Crippen molar-refractivity contribution in [2.24, 2.45) is 20.4 Å². The molecule has 0 saturated carbocycles. The molecule has 1 radical (unpaired) electrons. The summed E-state index contributed by atoms with van der Waals surface area (Å²) < 4.78 is 113. The summed E-state index contributed by atoms with van der Waals surface area (Å²) in [7, 11) is 0. The fourth-order valence-corrected chi connectivity index (χ4v) is 2.93. The number of halogens is 9. The molecule has 18 heteroatoms. The Bertz CT molecular complexity index is 1210. The van der Waals surface area contributed by atoms with E-state index in [0.717, 1.165) is 12.1 Å². The van der Waals surface area contributed by atoms with Gasteiger partial charge in [-0.3, -0.25) is 0 Å². The second kappa shape index (κ2) is 15.2. The van der Waals surface area contributed by atoms with Gasteiger partial charge in [-0.2, -0.15) is 49.7 Å². The van der Waals surface area contributed by atoms with Crippen LogP contribution in [-0.2, 0) is 48.7 Å². The first kappa shape index (κ1) is 35.1. The van der Waals surface area contributed by atoms with Crippen molar-refractivity contribution in [1.29, 1.82) is 0 Å². The molecule has 0 saturated heterocycles. The molecule has 0 amide bonds. The molecular weight excluding hydrogens is 647 g/mol. The average molecular weight is 664 g/mol. The Morgan fingerprint density at radius 3 is 1.35 bits per heavy atom. The van der Waals surface area contributed by atoms with Crippen LogP contribution in [0, 0.1) is 0 Å². The van der Waals surface area contributed by atoms with Crippen molar-refractivity contribution in [2.75, 3.05) is 13.1 Å². The predicted octanol–water partition coefficient (Wildman–Crippen LogP) is 5.01. The average Bonchev–Trinajstić information content (AvgIpc) is 2.83. The number of benzene rings is 2. The zero-order valence-corrected chi connectivity index (χ0v) is 22.2. The van der Waals surface area contributed by atoms with E-state index in [2.05, 4.69) is 20.4 Å². The maximum atomic E-state index is 12.8. The van der Waals surface area contributed by atoms with Gasteiger partial charge >= 0.3 is 35.6 Å². The summed E-state index contributed by atoms with van der Waals surface area (Å²) in [6, 6.07) is 12.4. The fourth-order valence-electron chi connectivity index (χ4n) is 2.70. The van der Waals surface area contributed by atoms with Gasteiger partial charge in [-0.1, -0.05) is 54.6 Å². The Morgan fingerprint density at radius 1 is 0.575 bits per heavy atom. The molecule has 0 aliphatic rings. The molecule has 0 bridgehead atoms. The largest absolute Gasteiger partial charge is 2.00 e. The summed E-state index contributed by atoms with van der Waals surface area (Å²) in [6.07, 6.45) is -14.9. The predicted molar refractivity (Wildman–Crippen MR) is 133 cm³/mol. The molecule has 0 unspecified atom stereocenters. The Balaban J connectivity index is 0.00000800. The van der Waals surface area contributed by atoms with Crippen LogP contribution in [0.15, 0.2) is 75.0 Å². The van der Waals surface area contributed by atoms with Gasteiger partial charge in [0.15, 0.2) is 0 Å². The van der Waals surface area contributed by atoms with Crippen molar-refractivity contribution in [3.05, 3.63) is 71.3 Å². The molecule has 0 aromatic heterocycles. The van der Waals surface area contributed by atoms with Crippen LogP contribution in [-0.4, -0.2) is 53.4 Å². The van der Waals surface area contributed by atoms with Crippen LogP contribution >= 0.6 is 0 Å². The van der Waals surface area contributed by atoms with Crippen LogP contribution in [0.1, 0.15) is 16.7 Å². The smallest absolute Gasteiger partial charge is 0.741 e. The first-order valence-electron chi connectivity index (χ1n) is 10.5. The van der Waals surface area contributed by atoms with Crippen LogP contribution in [0.5, 0.6) is 0 Å². The summed E-state index contributed by atoms with van der Waals surface area (Å²) in [5, 5.41) is 17.2. The van der Waals surface area contributed by atoms with Crippen LogP contribution in [0.2, 0.25) is 0 Å². The zero-order valence-electron chi connectivity index (χ0n) is 19.6. The fraction of sp³-hybridized carbons (Fsp3) is 0.273. The summed E-state index contributed by atoms with van der Waals surface area (Å²) in [5.74, 6) is 0. The van der Waals surface area contributed by atoms with Gasteiger partial charge in [0.2, 0.25) is 0 Å². The van der Waals surface area contributed by atoms with E-state index in [0.29, 0.717) is 0 Å². The number of nitrogens with one attached hydrogen (secondary N) is 2. The number of nitrogens with zero attached hydrogens (tertiary/aromatic N) is 4. The van der Waals surface area contributed by atoms with E-state index >= 15 is 0 Å². The third-order valence-corrected chi connectivity index (χ3v) is 4.72. The third-order valence-electron chi connectivity index (χ3n) is 4.27. The summed E-state index contributed by atoms with van der Waals surface area (Å²) >= 11 is 9.48. The van der Waals surface area contributed by atoms with Crippen LogP contribution in [0.4, 0.5) is 39.5 Å². The molecule has 221 valence electrons. The van der Waals surface area contributed by atoms with Crippen molar-refractivity contribution in [3.63, 3.8) is 0 Å². The van der Waals surface area contributed by atoms with E-state index in [1.165, 1.54) is 24.3 Å². The second-order valence-corrected chi connectivity index (χ2v) is 8.27. The van der Waals surface area contributed by atoms with Gasteiger partial charge in [-0.25, -0.2) is 0 Å². The summed E-state index contributed by atoms with van der Waals surface area (Å²) in [6.45, 7) is -3.01. The Hall–Kier alpha value is -2.95. The normalized spacial score (nSPS) is 14.0. The van der Waals surface area contributed by atoms with E-state index in [4.69, 9.17) is 25.3 Å². The van der Waals surface area contributed by atoms with E-state index in [1.807, 2.05) is 10.6 Å². The van der Waals surface area contributed by atoms with E-state index in [1.54, 1.807) is 18.2 Å². The minimum absolute atomic E-state index is 0. The SMILES string of the molecule is FC(F)(F)CN/C([S-])=N/N=C(/C(=N/N=C(\[S-])NCC(F)(F)F)c1ccc(CC(F)(F)F)cc1)c1ccccc1.[Cu+2]. The number of hydrogen-bond acceptors (Lipinski definition) is 6. The van der Waals surface area contributed by atoms with E-state index in [-0.39, 0.29) is 45.2 Å². The number of amidine groups is 2. The van der Waals surface area contributed by atoms with Crippen molar-refractivity contribution in [3.8, 4) is 0 Å². The maximum Gasteiger partial charge on any atom is 2.00 e. The summed E-state index contributed by atoms with van der Waals surface area (Å²) in [5.41, 5.74) is -0.140. The quantitative estimate of drug-likeness (QED) is 0.104. The molecule has 0 fully saturated rings. The van der Waals surface area contributed by atoms with Gasteiger partial charge in [-0.05, 0) is 15.9 Å². The monoisotopic (exact) mass is 663 g/mol. The minimum Gasteiger partial charge on any atom is -0.741 e. The van der Waals surface area contributed by atoms with Crippen LogP contribution in [0.25, 0.3) is 0 Å². The Kier molecular flexibility index (Phi) is 13.3. The zero-order chi connectivity index (χ0) is 29.3. The van der Waals surface area contributed by atoms with Crippen LogP contribution in [0.3, 0.4) is 0 Å². The molecule has 0 aliphatic heterocycles. The Labute approximate surface area is 243 Å². The first-order chi connectivity index (χ1) is 18.0. The first-order valence-corrected chi connectivity index (χ1v) is 11.3. The van der Waals surface area contributed by atoms with Gasteiger partial charge in [0.25, 0.3) is 0 Å². The summed E-state index contributed by atoms with van der Waals surface area (Å²) in [4.78, 5) is 0. The molecule has 2 rings (SSSR count). The van der Waals surface area contributed by atoms with Gasteiger partial charge < -0.3 is 35.9 Å². The molecule has 6 nitrogen and oxygen atoms in total. The number of alkyl halides is 9. The molecular formula is C22H17CuF9N6S2. The maximum absolute atomic E-state index is 12.8. The molecule has 0 aliphatic carbocycles. The van der Waals surface area contributed by atoms with Crippen LogP contribution < -0.4 is 10.6 Å². The molecule has 0 atom stereocenters. The minimum atomic E-state index is -4.62. The van der Waals surface area contributed by atoms with Crippen molar-refractivity contribution in [2.45, 2.75) is 24.9 Å². The van der Waals surface area contributed by atoms with Gasteiger partial charge in [0.05, 0.1) is 6.42 Å². The van der Waals surface area contributed by atoms with Crippen molar-refractivity contribution >= 4 is 47.0 Å². The van der Waals surface area contributed by atoms with E-state index < -0.39 is 48.4 Å².